The van der Waals surface area contributed by atoms with Crippen LogP contribution >= 0.6 is 0 Å². The molecule has 4 heteroatoms. The maximum Gasteiger partial charge on any atom is 0.308 e. The fourth-order valence-corrected chi connectivity index (χ4v) is 2.11. The van der Waals surface area contributed by atoms with Crippen LogP contribution in [0.25, 0.3) is 0 Å². The second-order valence-electron chi connectivity index (χ2n) is 5.21. The molecule has 0 aromatic heterocycles. The van der Waals surface area contributed by atoms with Crippen LogP contribution in [0.3, 0.4) is 0 Å². The molecule has 0 aromatic carbocycles. The molecule has 1 fully saturated rings. The van der Waals surface area contributed by atoms with E-state index in [2.05, 4.69) is 13.2 Å². The SMILES string of the molecule is C=CCC(CC=C)C(=O)N(CC(C)C(=O)O)C1CC1. The summed E-state index contributed by atoms with van der Waals surface area (Å²) in [6, 6.07) is 0.228. The molecule has 1 atom stereocenters. The van der Waals surface area contributed by atoms with Crippen LogP contribution in [-0.2, 0) is 9.59 Å². The highest BCUT2D eigenvalue weighted by molar-refractivity contribution is 5.80. The average Bonchev–Trinajstić information content (AvgIpc) is 3.18. The Kier molecular flexibility index (Phi) is 5.80. The molecule has 106 valence electrons. The van der Waals surface area contributed by atoms with Crippen LogP contribution in [-0.4, -0.2) is 34.5 Å². The number of nitrogens with zero attached hydrogens (tertiary/aromatic N) is 1. The molecule has 19 heavy (non-hydrogen) atoms. The van der Waals surface area contributed by atoms with Gasteiger partial charge in [0.25, 0.3) is 0 Å². The van der Waals surface area contributed by atoms with Gasteiger partial charge < -0.3 is 10.0 Å². The maximum absolute atomic E-state index is 12.5. The van der Waals surface area contributed by atoms with E-state index < -0.39 is 11.9 Å². The number of carboxylic acids is 1. The van der Waals surface area contributed by atoms with Crippen LogP contribution in [0, 0.1) is 11.8 Å². The molecule has 1 N–H and O–H groups in total. The predicted molar refractivity (Wildman–Crippen MR) is 74.7 cm³/mol. The first-order valence-corrected chi connectivity index (χ1v) is 6.76. The van der Waals surface area contributed by atoms with Crippen molar-refractivity contribution < 1.29 is 14.7 Å². The number of allylic oxidation sites excluding steroid dienone is 2. The highest BCUT2D eigenvalue weighted by atomic mass is 16.4. The van der Waals surface area contributed by atoms with Gasteiger partial charge in [-0.25, -0.2) is 0 Å². The minimum Gasteiger partial charge on any atom is -0.481 e. The van der Waals surface area contributed by atoms with Gasteiger partial charge in [0.15, 0.2) is 0 Å². The standard InChI is InChI=1S/C15H23NO3/c1-4-6-12(7-5-2)14(17)16(13-8-9-13)10-11(3)15(18)19/h4-5,11-13H,1-2,6-10H2,3H3,(H,18,19). The maximum atomic E-state index is 12.5. The zero-order chi connectivity index (χ0) is 14.4. The molecule has 1 aliphatic carbocycles. The average molecular weight is 265 g/mol. The van der Waals surface area contributed by atoms with Crippen LogP contribution in [0.5, 0.6) is 0 Å². The number of amides is 1. The van der Waals surface area contributed by atoms with Crippen molar-refractivity contribution in [3.05, 3.63) is 25.3 Å². The first kappa shape index (κ1) is 15.5. The summed E-state index contributed by atoms with van der Waals surface area (Å²) in [6.45, 7) is 9.29. The van der Waals surface area contributed by atoms with Crippen LogP contribution in [0.2, 0.25) is 0 Å². The van der Waals surface area contributed by atoms with Gasteiger partial charge in [0.05, 0.1) is 5.92 Å². The minimum atomic E-state index is -0.859. The third-order valence-corrected chi connectivity index (χ3v) is 3.41. The van der Waals surface area contributed by atoms with E-state index in [1.165, 1.54) is 0 Å². The quantitative estimate of drug-likeness (QED) is 0.651. The molecular weight excluding hydrogens is 242 g/mol. The summed E-state index contributed by atoms with van der Waals surface area (Å²) in [5.41, 5.74) is 0. The molecule has 0 aliphatic heterocycles. The van der Waals surface area contributed by atoms with Gasteiger partial charge in [-0.15, -0.1) is 13.2 Å². The number of hydrogen-bond donors (Lipinski definition) is 1. The number of rotatable bonds is 9. The van der Waals surface area contributed by atoms with E-state index in [0.29, 0.717) is 19.4 Å². The summed E-state index contributed by atoms with van der Waals surface area (Å²) in [6.07, 6.45) is 6.64. The number of aliphatic carboxylic acids is 1. The Morgan fingerprint density at radius 3 is 2.21 bits per heavy atom. The second kappa shape index (κ2) is 7.12. The molecule has 1 amide bonds. The highest BCUT2D eigenvalue weighted by Crippen LogP contribution is 2.30. The summed E-state index contributed by atoms with van der Waals surface area (Å²) in [5.74, 6) is -1.51. The summed E-state index contributed by atoms with van der Waals surface area (Å²) >= 11 is 0. The van der Waals surface area contributed by atoms with Crippen molar-refractivity contribution >= 4 is 11.9 Å². The number of carboxylic acid groups (broad SMARTS) is 1. The van der Waals surface area contributed by atoms with E-state index in [-0.39, 0.29) is 17.9 Å². The molecule has 0 aromatic rings. The Morgan fingerprint density at radius 1 is 1.32 bits per heavy atom. The molecule has 0 heterocycles. The van der Waals surface area contributed by atoms with Crippen molar-refractivity contribution in [2.75, 3.05) is 6.54 Å². The van der Waals surface area contributed by atoms with Gasteiger partial charge in [0.2, 0.25) is 5.91 Å². The lowest BCUT2D eigenvalue weighted by Gasteiger charge is -2.28. The molecular formula is C15H23NO3. The molecule has 1 rings (SSSR count). The summed E-state index contributed by atoms with van der Waals surface area (Å²) < 4.78 is 0. The van der Waals surface area contributed by atoms with Crippen molar-refractivity contribution in [1.29, 1.82) is 0 Å². The van der Waals surface area contributed by atoms with Gasteiger partial charge >= 0.3 is 5.97 Å². The topological polar surface area (TPSA) is 57.6 Å². The summed E-state index contributed by atoms with van der Waals surface area (Å²) in [7, 11) is 0. The monoisotopic (exact) mass is 265 g/mol. The molecule has 4 nitrogen and oxygen atoms in total. The van der Waals surface area contributed by atoms with Crippen molar-refractivity contribution in [2.24, 2.45) is 11.8 Å². The third-order valence-electron chi connectivity index (χ3n) is 3.41. The fourth-order valence-electron chi connectivity index (χ4n) is 2.11. The van der Waals surface area contributed by atoms with Crippen molar-refractivity contribution in [3.63, 3.8) is 0 Å². The van der Waals surface area contributed by atoms with Gasteiger partial charge in [-0.3, -0.25) is 9.59 Å². The Hall–Kier alpha value is -1.58. The number of carbonyl (C=O) groups excluding carboxylic acids is 1. The molecule has 0 spiro atoms. The molecule has 0 bridgehead atoms. The predicted octanol–water partition coefficient (Wildman–Crippen LogP) is 2.47. The Morgan fingerprint density at radius 2 is 1.84 bits per heavy atom. The van der Waals surface area contributed by atoms with E-state index in [0.717, 1.165) is 12.8 Å². The Bertz CT molecular complexity index is 350. The Balaban J connectivity index is 2.73. The summed E-state index contributed by atoms with van der Waals surface area (Å²) in [4.78, 5) is 25.2. The lowest BCUT2D eigenvalue weighted by molar-refractivity contribution is -0.144. The van der Waals surface area contributed by atoms with Crippen LogP contribution in [0.4, 0.5) is 0 Å². The van der Waals surface area contributed by atoms with Crippen LogP contribution in [0.1, 0.15) is 32.6 Å². The van der Waals surface area contributed by atoms with Gasteiger partial charge in [-0.2, -0.15) is 0 Å². The van der Waals surface area contributed by atoms with Crippen molar-refractivity contribution in [3.8, 4) is 0 Å². The zero-order valence-electron chi connectivity index (χ0n) is 11.5. The fraction of sp³-hybridized carbons (Fsp3) is 0.600. The first-order chi connectivity index (χ1) is 9.01. The summed E-state index contributed by atoms with van der Waals surface area (Å²) in [5, 5.41) is 8.99. The smallest absolute Gasteiger partial charge is 0.308 e. The second-order valence-corrected chi connectivity index (χ2v) is 5.21. The first-order valence-electron chi connectivity index (χ1n) is 6.76. The van der Waals surface area contributed by atoms with E-state index in [4.69, 9.17) is 5.11 Å². The normalized spacial score (nSPS) is 15.9. The van der Waals surface area contributed by atoms with E-state index in [1.54, 1.807) is 24.0 Å². The molecule has 0 radical (unpaired) electrons. The highest BCUT2D eigenvalue weighted by Gasteiger charge is 2.36. The molecule has 1 saturated carbocycles. The molecule has 0 saturated heterocycles. The van der Waals surface area contributed by atoms with Gasteiger partial charge in [0, 0.05) is 18.5 Å². The van der Waals surface area contributed by atoms with Crippen LogP contribution < -0.4 is 0 Å². The van der Waals surface area contributed by atoms with Gasteiger partial charge in [0.1, 0.15) is 0 Å². The van der Waals surface area contributed by atoms with Crippen molar-refractivity contribution in [1.82, 2.24) is 4.90 Å². The van der Waals surface area contributed by atoms with E-state index in [1.807, 2.05) is 0 Å². The Labute approximate surface area is 114 Å². The molecule has 1 aliphatic rings. The van der Waals surface area contributed by atoms with Crippen molar-refractivity contribution in [2.45, 2.75) is 38.6 Å². The lowest BCUT2D eigenvalue weighted by atomic mass is 9.98. The van der Waals surface area contributed by atoms with Crippen LogP contribution in [0.15, 0.2) is 25.3 Å². The third kappa shape index (κ3) is 4.54. The zero-order valence-corrected chi connectivity index (χ0v) is 11.5. The molecule has 1 unspecified atom stereocenters. The van der Waals surface area contributed by atoms with Gasteiger partial charge in [-0.1, -0.05) is 19.1 Å². The largest absolute Gasteiger partial charge is 0.481 e. The number of carbonyl (C=O) groups is 2. The van der Waals surface area contributed by atoms with E-state index >= 15 is 0 Å². The number of hydrogen-bond acceptors (Lipinski definition) is 2. The lowest BCUT2D eigenvalue weighted by Crippen LogP contribution is -2.41. The van der Waals surface area contributed by atoms with E-state index in [9.17, 15) is 9.59 Å². The minimum absolute atomic E-state index is 0.0374. The van der Waals surface area contributed by atoms with Gasteiger partial charge in [-0.05, 0) is 25.7 Å².